The van der Waals surface area contributed by atoms with Crippen LogP contribution in [0.1, 0.15) is 17.3 Å². The number of hydrogen-bond donors (Lipinski definition) is 1. The standard InChI is InChI=1S/C22H17N3O3S/c1-14(28-21(27)18-7-4-10-23-12-18)20(26)25-22-24-19(13-29-22)17-9-8-15-5-2-3-6-16(15)11-17/h2-14H,1H3,(H,24,25,26). The van der Waals surface area contributed by atoms with Crippen LogP contribution in [0.5, 0.6) is 0 Å². The normalized spacial score (nSPS) is 11.8. The number of benzene rings is 2. The zero-order chi connectivity index (χ0) is 20.2. The third-order valence-corrected chi connectivity index (χ3v) is 5.09. The van der Waals surface area contributed by atoms with Crippen LogP contribution in [0, 0.1) is 0 Å². The topological polar surface area (TPSA) is 81.2 Å². The predicted molar refractivity (Wildman–Crippen MR) is 113 cm³/mol. The molecule has 29 heavy (non-hydrogen) atoms. The molecule has 144 valence electrons. The summed E-state index contributed by atoms with van der Waals surface area (Å²) in [5, 5.41) is 7.31. The minimum Gasteiger partial charge on any atom is -0.449 e. The molecule has 6 nitrogen and oxygen atoms in total. The molecule has 2 aromatic carbocycles. The van der Waals surface area contributed by atoms with Crippen LogP contribution < -0.4 is 5.32 Å². The van der Waals surface area contributed by atoms with Crippen LogP contribution in [0.3, 0.4) is 0 Å². The fourth-order valence-corrected chi connectivity index (χ4v) is 3.51. The summed E-state index contributed by atoms with van der Waals surface area (Å²) >= 11 is 1.32. The van der Waals surface area contributed by atoms with Gasteiger partial charge in [-0.25, -0.2) is 9.78 Å². The lowest BCUT2D eigenvalue weighted by Gasteiger charge is -2.12. The molecule has 4 aromatic rings. The van der Waals surface area contributed by atoms with Crippen molar-refractivity contribution >= 4 is 39.1 Å². The highest BCUT2D eigenvalue weighted by Gasteiger charge is 2.20. The molecule has 0 aliphatic carbocycles. The van der Waals surface area contributed by atoms with E-state index in [0.717, 1.165) is 22.0 Å². The molecule has 4 rings (SSSR count). The van der Waals surface area contributed by atoms with Crippen molar-refractivity contribution in [3.05, 3.63) is 77.9 Å². The Morgan fingerprint density at radius 3 is 2.69 bits per heavy atom. The van der Waals surface area contributed by atoms with Gasteiger partial charge in [-0.2, -0.15) is 0 Å². The number of nitrogens with zero attached hydrogens (tertiary/aromatic N) is 2. The maximum absolute atomic E-state index is 12.4. The average molecular weight is 403 g/mol. The molecule has 0 radical (unpaired) electrons. The lowest BCUT2D eigenvalue weighted by atomic mass is 10.1. The number of rotatable bonds is 5. The summed E-state index contributed by atoms with van der Waals surface area (Å²) in [7, 11) is 0. The molecule has 7 heteroatoms. The van der Waals surface area contributed by atoms with Crippen LogP contribution in [0.25, 0.3) is 22.0 Å². The number of fused-ring (bicyclic) bond motifs is 1. The van der Waals surface area contributed by atoms with E-state index in [1.54, 1.807) is 18.3 Å². The number of carbonyl (C=O) groups excluding carboxylic acids is 2. The van der Waals surface area contributed by atoms with E-state index >= 15 is 0 Å². The largest absolute Gasteiger partial charge is 0.449 e. The van der Waals surface area contributed by atoms with E-state index in [1.165, 1.54) is 24.5 Å². The van der Waals surface area contributed by atoms with Crippen molar-refractivity contribution < 1.29 is 14.3 Å². The molecular formula is C22H17N3O3S. The Kier molecular flexibility index (Phi) is 5.31. The Bertz CT molecular complexity index is 1170. The summed E-state index contributed by atoms with van der Waals surface area (Å²) in [6, 6.07) is 17.4. The first-order valence-corrected chi connectivity index (χ1v) is 9.85. The number of nitrogens with one attached hydrogen (secondary N) is 1. The van der Waals surface area contributed by atoms with Crippen molar-refractivity contribution in [2.45, 2.75) is 13.0 Å². The van der Waals surface area contributed by atoms with Crippen LogP contribution in [-0.4, -0.2) is 27.9 Å². The second-order valence-corrected chi connectivity index (χ2v) is 7.24. The molecule has 2 aromatic heterocycles. The summed E-state index contributed by atoms with van der Waals surface area (Å²) in [5.74, 6) is -1.04. The van der Waals surface area contributed by atoms with E-state index < -0.39 is 18.0 Å². The van der Waals surface area contributed by atoms with Crippen molar-refractivity contribution in [2.75, 3.05) is 5.32 Å². The Balaban J connectivity index is 1.42. The van der Waals surface area contributed by atoms with Crippen molar-refractivity contribution in [3.8, 4) is 11.3 Å². The summed E-state index contributed by atoms with van der Waals surface area (Å²) in [4.78, 5) is 32.8. The molecule has 1 amide bonds. The predicted octanol–water partition coefficient (Wildman–Crippen LogP) is 4.54. The molecule has 0 aliphatic rings. The highest BCUT2D eigenvalue weighted by molar-refractivity contribution is 7.14. The van der Waals surface area contributed by atoms with Crippen LogP contribution in [0.2, 0.25) is 0 Å². The third kappa shape index (κ3) is 4.30. The fourth-order valence-electron chi connectivity index (χ4n) is 2.79. The first-order valence-electron chi connectivity index (χ1n) is 8.97. The van der Waals surface area contributed by atoms with Gasteiger partial charge >= 0.3 is 5.97 Å². The first kappa shape index (κ1) is 18.8. The molecule has 0 aliphatic heterocycles. The van der Waals surface area contributed by atoms with Crippen molar-refractivity contribution in [3.63, 3.8) is 0 Å². The third-order valence-electron chi connectivity index (χ3n) is 4.33. The van der Waals surface area contributed by atoms with E-state index in [4.69, 9.17) is 4.74 Å². The summed E-state index contributed by atoms with van der Waals surface area (Å²) < 4.78 is 5.20. The second kappa shape index (κ2) is 8.20. The Hall–Kier alpha value is -3.58. The number of carbonyl (C=O) groups is 2. The zero-order valence-corrected chi connectivity index (χ0v) is 16.3. The molecule has 0 saturated carbocycles. The molecule has 0 bridgehead atoms. The molecular weight excluding hydrogens is 386 g/mol. The molecule has 1 unspecified atom stereocenters. The van der Waals surface area contributed by atoms with Gasteiger partial charge in [0.25, 0.3) is 5.91 Å². The Morgan fingerprint density at radius 2 is 1.90 bits per heavy atom. The van der Waals surface area contributed by atoms with E-state index in [1.807, 2.05) is 35.7 Å². The number of pyridine rings is 1. The molecule has 0 spiro atoms. The average Bonchev–Trinajstić information content (AvgIpc) is 3.22. The smallest absolute Gasteiger partial charge is 0.340 e. The van der Waals surface area contributed by atoms with E-state index in [9.17, 15) is 9.59 Å². The highest BCUT2D eigenvalue weighted by atomic mass is 32.1. The first-order chi connectivity index (χ1) is 14.1. The van der Waals surface area contributed by atoms with Crippen molar-refractivity contribution in [1.29, 1.82) is 0 Å². The number of amides is 1. The van der Waals surface area contributed by atoms with Gasteiger partial charge in [-0.1, -0.05) is 36.4 Å². The van der Waals surface area contributed by atoms with Crippen molar-refractivity contribution in [1.82, 2.24) is 9.97 Å². The number of thiazole rings is 1. The highest BCUT2D eigenvalue weighted by Crippen LogP contribution is 2.27. The maximum atomic E-state index is 12.4. The Morgan fingerprint density at radius 1 is 1.07 bits per heavy atom. The Labute approximate surface area is 171 Å². The number of esters is 1. The molecule has 1 N–H and O–H groups in total. The van der Waals surface area contributed by atoms with Gasteiger partial charge in [0.05, 0.1) is 11.3 Å². The molecule has 2 heterocycles. The maximum Gasteiger partial charge on any atom is 0.340 e. The van der Waals surface area contributed by atoms with Crippen LogP contribution in [0.4, 0.5) is 5.13 Å². The zero-order valence-electron chi connectivity index (χ0n) is 15.5. The fraction of sp³-hybridized carbons (Fsp3) is 0.0909. The van der Waals surface area contributed by atoms with Crippen LogP contribution in [0.15, 0.2) is 72.4 Å². The lowest BCUT2D eigenvalue weighted by molar-refractivity contribution is -0.123. The molecule has 0 saturated heterocycles. The van der Waals surface area contributed by atoms with Crippen LogP contribution in [-0.2, 0) is 9.53 Å². The van der Waals surface area contributed by atoms with Gasteiger partial charge in [-0.15, -0.1) is 11.3 Å². The van der Waals surface area contributed by atoms with Crippen LogP contribution >= 0.6 is 11.3 Å². The second-order valence-electron chi connectivity index (χ2n) is 6.38. The number of hydrogen-bond acceptors (Lipinski definition) is 6. The van der Waals surface area contributed by atoms with Gasteiger partial charge in [-0.3, -0.25) is 15.1 Å². The van der Waals surface area contributed by atoms with Gasteiger partial charge in [0.1, 0.15) is 0 Å². The lowest BCUT2D eigenvalue weighted by Crippen LogP contribution is -2.30. The number of ether oxygens (including phenoxy) is 1. The van der Waals surface area contributed by atoms with Gasteiger partial charge in [0, 0.05) is 23.3 Å². The summed E-state index contributed by atoms with van der Waals surface area (Å²) in [5.41, 5.74) is 2.03. The van der Waals surface area contributed by atoms with Gasteiger partial charge in [-0.05, 0) is 35.9 Å². The van der Waals surface area contributed by atoms with E-state index in [2.05, 4.69) is 27.4 Å². The van der Waals surface area contributed by atoms with E-state index in [-0.39, 0.29) is 0 Å². The minimum absolute atomic E-state index is 0.292. The molecule has 1 atom stereocenters. The van der Waals surface area contributed by atoms with Gasteiger partial charge in [0.15, 0.2) is 11.2 Å². The monoisotopic (exact) mass is 403 g/mol. The minimum atomic E-state index is -0.962. The SMILES string of the molecule is CC(OC(=O)c1cccnc1)C(=O)Nc1nc(-c2ccc3ccccc3c2)cs1. The number of anilines is 1. The molecule has 0 fully saturated rings. The van der Waals surface area contributed by atoms with Crippen molar-refractivity contribution in [2.24, 2.45) is 0 Å². The van der Waals surface area contributed by atoms with Gasteiger partial charge < -0.3 is 4.74 Å². The summed E-state index contributed by atoms with van der Waals surface area (Å²) in [6.45, 7) is 1.52. The quantitative estimate of drug-likeness (QED) is 0.495. The van der Waals surface area contributed by atoms with E-state index in [0.29, 0.717) is 10.7 Å². The number of aromatic nitrogens is 2. The van der Waals surface area contributed by atoms with Gasteiger partial charge in [0.2, 0.25) is 0 Å². The summed E-state index contributed by atoms with van der Waals surface area (Å²) in [6.07, 6.45) is 1.99.